The second-order valence-corrected chi connectivity index (χ2v) is 7.52. The highest BCUT2D eigenvalue weighted by atomic mass is 35.5. The summed E-state index contributed by atoms with van der Waals surface area (Å²) in [4.78, 5) is 0. The molecule has 4 heteroatoms. The molecule has 0 spiro atoms. The van der Waals surface area contributed by atoms with Crippen molar-refractivity contribution in [1.29, 1.82) is 0 Å². The summed E-state index contributed by atoms with van der Waals surface area (Å²) in [6.45, 7) is 0. The summed E-state index contributed by atoms with van der Waals surface area (Å²) in [6, 6.07) is 35.2. The predicted octanol–water partition coefficient (Wildman–Crippen LogP) is 7.28. The van der Waals surface area contributed by atoms with Crippen molar-refractivity contribution in [3.8, 4) is 0 Å². The lowest BCUT2D eigenvalue weighted by molar-refractivity contribution is 1.22. The number of halogens is 2. The molecule has 0 heterocycles. The molecule has 0 N–H and O–H groups in total. The van der Waals surface area contributed by atoms with Crippen LogP contribution in [0.15, 0.2) is 119 Å². The first kappa shape index (κ1) is 20.1. The molecule has 0 saturated heterocycles. The van der Waals surface area contributed by atoms with Gasteiger partial charge in [0, 0.05) is 32.3 Å². The number of hydrogen-bond acceptors (Lipinski definition) is 2. The van der Waals surface area contributed by atoms with E-state index >= 15 is 0 Å². The zero-order valence-electron chi connectivity index (χ0n) is 16.0. The minimum atomic E-state index is 0.681. The normalized spacial score (nSPS) is 12.1. The van der Waals surface area contributed by atoms with Gasteiger partial charge in [-0.1, -0.05) is 108 Å². The second-order valence-electron chi connectivity index (χ2n) is 6.64. The standard InChI is InChI=1S/C26H18Cl2N2/c27-23-15-11-21(12-16-23)25(19-7-3-1-4-8-19)29-30-26(20-9-5-2-6-10-20)22-13-17-24(28)18-14-22/h1-18H/b29-25+,30-26+. The van der Waals surface area contributed by atoms with Crippen molar-refractivity contribution in [2.45, 2.75) is 0 Å². The van der Waals surface area contributed by atoms with E-state index in [4.69, 9.17) is 33.4 Å². The summed E-state index contributed by atoms with van der Waals surface area (Å²) in [6.07, 6.45) is 0. The van der Waals surface area contributed by atoms with Gasteiger partial charge in [0.15, 0.2) is 0 Å². The molecule has 30 heavy (non-hydrogen) atoms. The fourth-order valence-electron chi connectivity index (χ4n) is 3.07. The minimum absolute atomic E-state index is 0.681. The maximum Gasteiger partial charge on any atom is 0.100 e. The van der Waals surface area contributed by atoms with Gasteiger partial charge in [-0.3, -0.25) is 0 Å². The first-order chi connectivity index (χ1) is 14.7. The third-order valence-electron chi connectivity index (χ3n) is 4.58. The molecule has 2 nitrogen and oxygen atoms in total. The van der Waals surface area contributed by atoms with Crippen LogP contribution in [-0.4, -0.2) is 11.4 Å². The number of benzene rings is 4. The molecule has 0 amide bonds. The minimum Gasteiger partial charge on any atom is -0.149 e. The van der Waals surface area contributed by atoms with Crippen LogP contribution in [-0.2, 0) is 0 Å². The van der Waals surface area contributed by atoms with Gasteiger partial charge < -0.3 is 0 Å². The van der Waals surface area contributed by atoms with E-state index in [1.54, 1.807) is 0 Å². The Hall–Kier alpha value is -3.20. The molecule has 146 valence electrons. The zero-order chi connectivity index (χ0) is 20.8. The molecule has 0 unspecified atom stereocenters. The Labute approximate surface area is 186 Å². The molecule has 0 aromatic heterocycles. The predicted molar refractivity (Wildman–Crippen MR) is 127 cm³/mol. The topological polar surface area (TPSA) is 24.7 Å². The van der Waals surface area contributed by atoms with Gasteiger partial charge >= 0.3 is 0 Å². The Balaban J connectivity index is 1.87. The summed E-state index contributed by atoms with van der Waals surface area (Å²) in [7, 11) is 0. The Bertz CT molecular complexity index is 1070. The third kappa shape index (κ3) is 4.85. The van der Waals surface area contributed by atoms with Crippen LogP contribution in [0.1, 0.15) is 22.3 Å². The molecule has 0 saturated carbocycles. The number of hydrogen-bond donors (Lipinski definition) is 0. The fourth-order valence-corrected chi connectivity index (χ4v) is 3.32. The lowest BCUT2D eigenvalue weighted by Crippen LogP contribution is -2.06. The van der Waals surface area contributed by atoms with E-state index in [1.165, 1.54) is 0 Å². The number of rotatable bonds is 5. The van der Waals surface area contributed by atoms with Crippen molar-refractivity contribution in [3.05, 3.63) is 141 Å². The largest absolute Gasteiger partial charge is 0.149 e. The van der Waals surface area contributed by atoms with E-state index in [-0.39, 0.29) is 0 Å². The Morgan fingerprint density at radius 2 is 0.700 bits per heavy atom. The molecule has 0 aliphatic rings. The lowest BCUT2D eigenvalue weighted by Gasteiger charge is -2.08. The molecular formula is C26H18Cl2N2. The van der Waals surface area contributed by atoms with Crippen molar-refractivity contribution in [2.75, 3.05) is 0 Å². The summed E-state index contributed by atoms with van der Waals surface area (Å²) in [5.41, 5.74) is 5.39. The quantitative estimate of drug-likeness (QED) is 0.235. The monoisotopic (exact) mass is 428 g/mol. The van der Waals surface area contributed by atoms with Crippen LogP contribution in [0.25, 0.3) is 0 Å². The molecule has 0 fully saturated rings. The van der Waals surface area contributed by atoms with Crippen molar-refractivity contribution < 1.29 is 0 Å². The van der Waals surface area contributed by atoms with Crippen LogP contribution >= 0.6 is 23.2 Å². The van der Waals surface area contributed by atoms with Gasteiger partial charge in [0.1, 0.15) is 11.4 Å². The SMILES string of the molecule is Clc1ccc(/C(=N/N=C(\c2ccccc2)c2ccc(Cl)cc2)c2ccccc2)cc1. The molecule has 0 aliphatic heterocycles. The van der Waals surface area contributed by atoms with Crippen LogP contribution in [0, 0.1) is 0 Å². The van der Waals surface area contributed by atoms with Gasteiger partial charge in [0.05, 0.1) is 0 Å². The molecule has 4 rings (SSSR count). The molecule has 0 aliphatic carbocycles. The van der Waals surface area contributed by atoms with Crippen LogP contribution in [0.4, 0.5) is 0 Å². The molecule has 0 bridgehead atoms. The molecule has 0 radical (unpaired) electrons. The highest BCUT2D eigenvalue weighted by Gasteiger charge is 2.10. The van der Waals surface area contributed by atoms with Gasteiger partial charge in [-0.2, -0.15) is 0 Å². The summed E-state index contributed by atoms with van der Waals surface area (Å²) in [5, 5.41) is 10.8. The molecular weight excluding hydrogens is 411 g/mol. The lowest BCUT2D eigenvalue weighted by atomic mass is 10.0. The van der Waals surface area contributed by atoms with E-state index in [0.29, 0.717) is 10.0 Å². The maximum absolute atomic E-state index is 6.08. The van der Waals surface area contributed by atoms with Gasteiger partial charge in [0.25, 0.3) is 0 Å². The van der Waals surface area contributed by atoms with E-state index in [0.717, 1.165) is 33.7 Å². The number of nitrogens with zero attached hydrogens (tertiary/aromatic N) is 2. The van der Waals surface area contributed by atoms with Crippen molar-refractivity contribution in [3.63, 3.8) is 0 Å². The van der Waals surface area contributed by atoms with Crippen LogP contribution in [0.5, 0.6) is 0 Å². The van der Waals surface area contributed by atoms with Crippen molar-refractivity contribution in [1.82, 2.24) is 0 Å². The van der Waals surface area contributed by atoms with Crippen LogP contribution in [0.2, 0.25) is 10.0 Å². The van der Waals surface area contributed by atoms with Crippen LogP contribution in [0.3, 0.4) is 0 Å². The van der Waals surface area contributed by atoms with E-state index in [2.05, 4.69) is 0 Å². The average molecular weight is 429 g/mol. The van der Waals surface area contributed by atoms with E-state index in [1.807, 2.05) is 109 Å². The van der Waals surface area contributed by atoms with Gasteiger partial charge in [-0.15, -0.1) is 10.2 Å². The van der Waals surface area contributed by atoms with Crippen molar-refractivity contribution >= 4 is 34.6 Å². The Morgan fingerprint density at radius 1 is 0.400 bits per heavy atom. The molecule has 4 aromatic rings. The van der Waals surface area contributed by atoms with Crippen LogP contribution < -0.4 is 0 Å². The van der Waals surface area contributed by atoms with Gasteiger partial charge in [-0.05, 0) is 24.3 Å². The highest BCUT2D eigenvalue weighted by Crippen LogP contribution is 2.18. The Kier molecular flexibility index (Phi) is 6.38. The summed E-state index contributed by atoms with van der Waals surface area (Å²) >= 11 is 12.2. The molecule has 0 atom stereocenters. The molecule has 4 aromatic carbocycles. The summed E-state index contributed by atoms with van der Waals surface area (Å²) in [5.74, 6) is 0. The zero-order valence-corrected chi connectivity index (χ0v) is 17.6. The van der Waals surface area contributed by atoms with E-state index in [9.17, 15) is 0 Å². The second kappa shape index (κ2) is 9.53. The average Bonchev–Trinajstić information content (AvgIpc) is 2.80. The summed E-state index contributed by atoms with van der Waals surface area (Å²) < 4.78 is 0. The van der Waals surface area contributed by atoms with Gasteiger partial charge in [0.2, 0.25) is 0 Å². The first-order valence-corrected chi connectivity index (χ1v) is 10.2. The Morgan fingerprint density at radius 3 is 1.03 bits per heavy atom. The van der Waals surface area contributed by atoms with Crippen molar-refractivity contribution in [2.24, 2.45) is 10.2 Å². The van der Waals surface area contributed by atoms with Gasteiger partial charge in [-0.25, -0.2) is 0 Å². The first-order valence-electron chi connectivity index (χ1n) is 9.49. The smallest absolute Gasteiger partial charge is 0.100 e. The van der Waals surface area contributed by atoms with E-state index < -0.39 is 0 Å². The highest BCUT2D eigenvalue weighted by molar-refractivity contribution is 6.31. The fraction of sp³-hybridized carbons (Fsp3) is 0. The third-order valence-corrected chi connectivity index (χ3v) is 5.08. The maximum atomic E-state index is 6.08.